The van der Waals surface area contributed by atoms with Crippen LogP contribution in [0.2, 0.25) is 0 Å². The molecule has 0 unspecified atom stereocenters. The van der Waals surface area contributed by atoms with E-state index in [1.807, 2.05) is 26.1 Å². The van der Waals surface area contributed by atoms with Gasteiger partial charge in [-0.1, -0.05) is 0 Å². The molecule has 0 saturated carbocycles. The van der Waals surface area contributed by atoms with Gasteiger partial charge < -0.3 is 19.4 Å². The van der Waals surface area contributed by atoms with Crippen LogP contribution < -0.4 is 15.7 Å². The van der Waals surface area contributed by atoms with E-state index in [4.69, 9.17) is 9.15 Å². The monoisotopic (exact) mass is 332 g/mol. The zero-order chi connectivity index (χ0) is 17.7. The van der Waals surface area contributed by atoms with Crippen molar-refractivity contribution >= 4 is 16.9 Å². The third-order valence-electron chi connectivity index (χ3n) is 4.21. The minimum atomic E-state index is -0.390. The van der Waals surface area contributed by atoms with E-state index in [0.29, 0.717) is 29.9 Å². The van der Waals surface area contributed by atoms with Crippen molar-refractivity contribution in [3.8, 4) is 5.75 Å². The number of ether oxygens (including phenoxy) is 1. The Labute approximate surface area is 141 Å². The first-order valence-corrected chi connectivity index (χ1v) is 7.96. The van der Waals surface area contributed by atoms with Crippen molar-refractivity contribution in [1.82, 2.24) is 10.2 Å². The van der Waals surface area contributed by atoms with Gasteiger partial charge in [0, 0.05) is 43.6 Å². The molecule has 0 aliphatic carbocycles. The number of benzene rings is 1. The molecular formula is C18H24N2O4. The average molecular weight is 332 g/mol. The van der Waals surface area contributed by atoms with E-state index in [1.165, 1.54) is 0 Å². The minimum absolute atomic E-state index is 0.0128. The van der Waals surface area contributed by atoms with Crippen LogP contribution in [0.25, 0.3) is 11.0 Å². The molecular weight excluding hydrogens is 308 g/mol. The number of methoxy groups -OCH3 is 1. The zero-order valence-electron chi connectivity index (χ0n) is 14.6. The van der Waals surface area contributed by atoms with Gasteiger partial charge in [0.15, 0.2) is 0 Å². The quantitative estimate of drug-likeness (QED) is 0.782. The Morgan fingerprint density at radius 2 is 2.12 bits per heavy atom. The summed E-state index contributed by atoms with van der Waals surface area (Å²) in [6.07, 6.45) is 0.659. The molecule has 0 spiro atoms. The van der Waals surface area contributed by atoms with Gasteiger partial charge in [-0.2, -0.15) is 0 Å². The molecule has 2 aromatic rings. The van der Waals surface area contributed by atoms with E-state index < -0.39 is 0 Å². The summed E-state index contributed by atoms with van der Waals surface area (Å²) in [7, 11) is 5.18. The van der Waals surface area contributed by atoms with Gasteiger partial charge in [0.25, 0.3) is 0 Å². The van der Waals surface area contributed by atoms with Gasteiger partial charge in [-0.15, -0.1) is 0 Å². The molecule has 0 fully saturated rings. The van der Waals surface area contributed by atoms with Gasteiger partial charge in [-0.05, 0) is 38.1 Å². The van der Waals surface area contributed by atoms with Crippen LogP contribution >= 0.6 is 0 Å². The van der Waals surface area contributed by atoms with Gasteiger partial charge in [0.05, 0.1) is 7.11 Å². The summed E-state index contributed by atoms with van der Waals surface area (Å²) >= 11 is 0. The zero-order valence-corrected chi connectivity index (χ0v) is 14.6. The molecule has 0 aliphatic rings. The lowest BCUT2D eigenvalue weighted by molar-refractivity contribution is -0.129. The highest BCUT2D eigenvalue weighted by atomic mass is 16.5. The SMILES string of the molecule is CNCCN(C)C(=O)CCc1c(C)c2ccc(OC)cc2oc1=O. The van der Waals surface area contributed by atoms with Gasteiger partial charge in [-0.3, -0.25) is 4.79 Å². The topological polar surface area (TPSA) is 71.8 Å². The molecule has 1 aromatic heterocycles. The number of nitrogens with one attached hydrogen (secondary N) is 1. The number of carbonyl (C=O) groups is 1. The van der Waals surface area contributed by atoms with Gasteiger partial charge in [0.1, 0.15) is 11.3 Å². The molecule has 0 atom stereocenters. The smallest absolute Gasteiger partial charge is 0.339 e. The van der Waals surface area contributed by atoms with Crippen molar-refractivity contribution in [2.45, 2.75) is 19.8 Å². The Balaban J connectivity index is 2.20. The molecule has 0 bridgehead atoms. The number of aryl methyl sites for hydroxylation is 1. The molecule has 130 valence electrons. The molecule has 6 heteroatoms. The van der Waals surface area contributed by atoms with E-state index >= 15 is 0 Å². The predicted molar refractivity (Wildman–Crippen MR) is 93.7 cm³/mol. The lowest BCUT2D eigenvalue weighted by Gasteiger charge is -2.17. The molecule has 1 N–H and O–H groups in total. The number of hydrogen-bond acceptors (Lipinski definition) is 5. The van der Waals surface area contributed by atoms with Crippen LogP contribution in [0, 0.1) is 6.92 Å². The summed E-state index contributed by atoms with van der Waals surface area (Å²) in [6.45, 7) is 3.26. The second-order valence-electron chi connectivity index (χ2n) is 5.77. The highest BCUT2D eigenvalue weighted by Gasteiger charge is 2.15. The Hall–Kier alpha value is -2.34. The second kappa shape index (κ2) is 7.97. The van der Waals surface area contributed by atoms with Gasteiger partial charge in [0.2, 0.25) is 5.91 Å². The predicted octanol–water partition coefficient (Wildman–Crippen LogP) is 1.72. The number of likely N-dealkylation sites (N-methyl/N-ethyl adjacent to an activating group) is 2. The Bertz CT molecular complexity index is 782. The highest BCUT2D eigenvalue weighted by molar-refractivity contribution is 5.82. The van der Waals surface area contributed by atoms with Crippen LogP contribution in [0.15, 0.2) is 27.4 Å². The summed E-state index contributed by atoms with van der Waals surface area (Å²) in [5.41, 5.74) is 1.52. The average Bonchev–Trinajstić information content (AvgIpc) is 2.58. The van der Waals surface area contributed by atoms with Crippen molar-refractivity contribution in [2.75, 3.05) is 34.3 Å². The molecule has 1 aromatic carbocycles. The third-order valence-corrected chi connectivity index (χ3v) is 4.21. The van der Waals surface area contributed by atoms with Crippen LogP contribution in [0.5, 0.6) is 5.75 Å². The lowest BCUT2D eigenvalue weighted by atomic mass is 10.0. The molecule has 0 saturated heterocycles. The fourth-order valence-corrected chi connectivity index (χ4v) is 2.62. The molecule has 1 heterocycles. The molecule has 1 amide bonds. The normalized spacial score (nSPS) is 10.8. The van der Waals surface area contributed by atoms with E-state index in [-0.39, 0.29) is 18.0 Å². The standard InChI is InChI=1S/C18H24N2O4/c1-12-14-6-5-13(23-4)11-16(14)24-18(22)15(12)7-8-17(21)20(3)10-9-19-2/h5-6,11,19H,7-10H2,1-4H3. The number of hydrogen-bond donors (Lipinski definition) is 1. The number of fused-ring (bicyclic) bond motifs is 1. The van der Waals surface area contributed by atoms with Gasteiger partial charge in [-0.25, -0.2) is 4.79 Å². The largest absolute Gasteiger partial charge is 0.497 e. The number of rotatable bonds is 7. The van der Waals surface area contributed by atoms with Crippen LogP contribution in [0.3, 0.4) is 0 Å². The lowest BCUT2D eigenvalue weighted by Crippen LogP contribution is -2.33. The minimum Gasteiger partial charge on any atom is -0.497 e. The maximum absolute atomic E-state index is 12.3. The Morgan fingerprint density at radius 3 is 2.79 bits per heavy atom. The van der Waals surface area contributed by atoms with Crippen molar-refractivity contribution < 1.29 is 13.9 Å². The Kier molecular flexibility index (Phi) is 5.98. The van der Waals surface area contributed by atoms with Crippen molar-refractivity contribution in [3.63, 3.8) is 0 Å². The fraction of sp³-hybridized carbons (Fsp3) is 0.444. The number of carbonyl (C=O) groups excluding carboxylic acids is 1. The van der Waals surface area contributed by atoms with Gasteiger partial charge >= 0.3 is 5.63 Å². The van der Waals surface area contributed by atoms with Crippen LogP contribution in [0.1, 0.15) is 17.5 Å². The van der Waals surface area contributed by atoms with E-state index in [9.17, 15) is 9.59 Å². The van der Waals surface area contributed by atoms with Crippen LogP contribution in [0.4, 0.5) is 0 Å². The molecule has 0 aliphatic heterocycles. The fourth-order valence-electron chi connectivity index (χ4n) is 2.62. The summed E-state index contributed by atoms with van der Waals surface area (Å²) in [5.74, 6) is 0.651. The maximum Gasteiger partial charge on any atom is 0.339 e. The van der Waals surface area contributed by atoms with E-state index in [2.05, 4.69) is 5.32 Å². The molecule has 2 rings (SSSR count). The molecule has 6 nitrogen and oxygen atoms in total. The molecule has 0 radical (unpaired) electrons. The van der Waals surface area contributed by atoms with Crippen LogP contribution in [-0.2, 0) is 11.2 Å². The van der Waals surface area contributed by atoms with Crippen LogP contribution in [-0.4, -0.2) is 45.1 Å². The first-order valence-electron chi connectivity index (χ1n) is 7.96. The highest BCUT2D eigenvalue weighted by Crippen LogP contribution is 2.24. The first-order chi connectivity index (χ1) is 11.5. The first kappa shape index (κ1) is 18.0. The molecule has 24 heavy (non-hydrogen) atoms. The summed E-state index contributed by atoms with van der Waals surface area (Å²) in [5, 5.41) is 3.87. The summed E-state index contributed by atoms with van der Waals surface area (Å²) in [4.78, 5) is 26.1. The summed E-state index contributed by atoms with van der Waals surface area (Å²) in [6, 6.07) is 5.40. The Morgan fingerprint density at radius 1 is 1.38 bits per heavy atom. The van der Waals surface area contributed by atoms with E-state index in [0.717, 1.165) is 17.5 Å². The van der Waals surface area contributed by atoms with Crippen molar-refractivity contribution in [2.24, 2.45) is 0 Å². The number of nitrogens with zero attached hydrogens (tertiary/aromatic N) is 1. The van der Waals surface area contributed by atoms with E-state index in [1.54, 1.807) is 25.1 Å². The summed E-state index contributed by atoms with van der Waals surface area (Å²) < 4.78 is 10.6. The van der Waals surface area contributed by atoms with Crippen molar-refractivity contribution in [3.05, 3.63) is 39.7 Å². The third kappa shape index (κ3) is 3.94. The second-order valence-corrected chi connectivity index (χ2v) is 5.77. The van der Waals surface area contributed by atoms with Crippen molar-refractivity contribution in [1.29, 1.82) is 0 Å². The maximum atomic E-state index is 12.3. The number of amides is 1.